The van der Waals surface area contributed by atoms with E-state index in [1.165, 1.54) is 24.9 Å². The smallest absolute Gasteiger partial charge is 0.343 e. The Hall–Kier alpha value is -3.24. The van der Waals surface area contributed by atoms with E-state index >= 15 is 0 Å². The molecule has 0 atom stereocenters. The molecule has 4 aromatic heterocycles. The number of H-pyrrole nitrogens is 2. The van der Waals surface area contributed by atoms with E-state index in [4.69, 9.17) is 0 Å². The van der Waals surface area contributed by atoms with Crippen molar-refractivity contribution in [2.45, 2.75) is 6.18 Å². The van der Waals surface area contributed by atoms with E-state index in [-0.39, 0.29) is 11.5 Å². The van der Waals surface area contributed by atoms with Crippen molar-refractivity contribution in [2.75, 3.05) is 0 Å². The summed E-state index contributed by atoms with van der Waals surface area (Å²) in [7, 11) is 0. The van der Waals surface area contributed by atoms with Gasteiger partial charge in [0.1, 0.15) is 11.4 Å². The Bertz CT molecular complexity index is 966. The Balaban J connectivity index is 1.97. The molecule has 4 heterocycles. The zero-order chi connectivity index (χ0) is 16.0. The molecular weight excluding hydrogens is 313 g/mol. The van der Waals surface area contributed by atoms with E-state index in [0.29, 0.717) is 17.0 Å². The zero-order valence-corrected chi connectivity index (χ0v) is 11.2. The van der Waals surface area contributed by atoms with Gasteiger partial charge >= 0.3 is 6.18 Å². The van der Waals surface area contributed by atoms with Crippen molar-refractivity contribution in [1.29, 1.82) is 0 Å². The number of hydrogen-bond donors (Lipinski definition) is 2. The first-order valence-electron chi connectivity index (χ1n) is 6.35. The van der Waals surface area contributed by atoms with Crippen molar-refractivity contribution < 1.29 is 13.2 Å². The Kier molecular flexibility index (Phi) is 2.70. The summed E-state index contributed by atoms with van der Waals surface area (Å²) in [5.74, 6) is -1.34. The molecule has 4 rings (SSSR count). The van der Waals surface area contributed by atoms with Crippen molar-refractivity contribution in [3.63, 3.8) is 0 Å². The monoisotopic (exact) mass is 320 g/mol. The van der Waals surface area contributed by atoms with Crippen molar-refractivity contribution in [2.24, 2.45) is 0 Å². The largest absolute Gasteiger partial charge is 0.451 e. The average Bonchev–Trinajstić information content (AvgIpc) is 3.24. The lowest BCUT2D eigenvalue weighted by Crippen LogP contribution is -2.07. The summed E-state index contributed by atoms with van der Waals surface area (Å²) in [6.45, 7) is 0. The molecule has 11 heteroatoms. The van der Waals surface area contributed by atoms with Gasteiger partial charge in [-0.25, -0.2) is 15.0 Å². The number of hydrogen-bond acceptors (Lipinski definition) is 5. The van der Waals surface area contributed by atoms with Gasteiger partial charge in [0.05, 0.1) is 24.4 Å². The summed E-state index contributed by atoms with van der Waals surface area (Å²) in [5.41, 5.74) is 1.70. The van der Waals surface area contributed by atoms with E-state index in [9.17, 15) is 13.2 Å². The molecule has 0 saturated carbocycles. The maximum Gasteiger partial charge on any atom is 0.451 e. The van der Waals surface area contributed by atoms with E-state index in [0.717, 1.165) is 0 Å². The molecule has 0 radical (unpaired) electrons. The second kappa shape index (κ2) is 4.63. The van der Waals surface area contributed by atoms with E-state index in [1.54, 1.807) is 10.6 Å². The second-order valence-corrected chi connectivity index (χ2v) is 4.58. The molecule has 0 saturated heterocycles. The zero-order valence-electron chi connectivity index (χ0n) is 11.2. The van der Waals surface area contributed by atoms with Gasteiger partial charge in [-0.1, -0.05) is 0 Å². The van der Waals surface area contributed by atoms with Gasteiger partial charge in [0, 0.05) is 12.4 Å². The maximum atomic E-state index is 12.7. The molecule has 0 aliphatic rings. The number of alkyl halides is 3. The minimum atomic E-state index is -4.61. The Morgan fingerprint density at radius 3 is 2.65 bits per heavy atom. The van der Waals surface area contributed by atoms with Crippen LogP contribution in [0.15, 0.2) is 31.1 Å². The molecule has 4 aromatic rings. The van der Waals surface area contributed by atoms with E-state index in [1.807, 2.05) is 5.10 Å². The van der Waals surface area contributed by atoms with Crippen LogP contribution in [0, 0.1) is 0 Å². The van der Waals surface area contributed by atoms with Crippen molar-refractivity contribution in [3.8, 4) is 22.9 Å². The van der Waals surface area contributed by atoms with Crippen LogP contribution in [-0.4, -0.2) is 39.5 Å². The second-order valence-electron chi connectivity index (χ2n) is 4.58. The molecule has 0 aliphatic carbocycles. The van der Waals surface area contributed by atoms with Crippen molar-refractivity contribution in [1.82, 2.24) is 39.5 Å². The molecule has 2 N–H and O–H groups in total. The molecular formula is C12H7F3N8. The number of fused-ring (bicyclic) bond motifs is 1. The van der Waals surface area contributed by atoms with Gasteiger partial charge in [-0.05, 0) is 0 Å². The lowest BCUT2D eigenvalue weighted by molar-refractivity contribution is -0.144. The van der Waals surface area contributed by atoms with Gasteiger partial charge in [0.15, 0.2) is 5.65 Å². The maximum absolute atomic E-state index is 12.7. The van der Waals surface area contributed by atoms with Gasteiger partial charge in [0.2, 0.25) is 11.6 Å². The van der Waals surface area contributed by atoms with Crippen molar-refractivity contribution in [3.05, 3.63) is 36.9 Å². The lowest BCUT2D eigenvalue weighted by Gasteiger charge is -2.00. The quantitative estimate of drug-likeness (QED) is 0.588. The number of nitrogens with one attached hydrogen (secondary N) is 2. The van der Waals surface area contributed by atoms with Crippen molar-refractivity contribution >= 4 is 5.65 Å². The third-order valence-corrected chi connectivity index (χ3v) is 3.15. The third-order valence-electron chi connectivity index (χ3n) is 3.15. The van der Waals surface area contributed by atoms with Crippen LogP contribution in [0.3, 0.4) is 0 Å². The number of nitrogens with zero attached hydrogens (tertiary/aromatic N) is 6. The normalized spacial score (nSPS) is 12.1. The molecule has 116 valence electrons. The fraction of sp³-hybridized carbons (Fsp3) is 0.0833. The molecule has 0 fully saturated rings. The number of imidazole rings is 2. The highest BCUT2D eigenvalue weighted by molar-refractivity contribution is 5.76. The highest BCUT2D eigenvalue weighted by Crippen LogP contribution is 2.32. The predicted octanol–water partition coefficient (Wildman–Crippen LogP) is 1.92. The third kappa shape index (κ3) is 2.13. The van der Waals surface area contributed by atoms with Gasteiger partial charge in [-0.3, -0.25) is 14.5 Å². The standard InChI is InChI=1S/C12H7F3N8/c13-12(14,15)11-20-10(21-22-11)8-9(6-3-17-5-18-6)23-2-1-16-4-7(23)19-8/h1-5H,(H,17,18)(H,20,21,22). The summed E-state index contributed by atoms with van der Waals surface area (Å²) < 4.78 is 39.8. The highest BCUT2D eigenvalue weighted by Gasteiger charge is 2.36. The number of rotatable bonds is 2. The molecule has 0 bridgehead atoms. The lowest BCUT2D eigenvalue weighted by atomic mass is 10.2. The number of aromatic amines is 2. The predicted molar refractivity (Wildman–Crippen MR) is 70.9 cm³/mol. The van der Waals surface area contributed by atoms with E-state index in [2.05, 4.69) is 30.0 Å². The van der Waals surface area contributed by atoms with Gasteiger partial charge < -0.3 is 4.98 Å². The fourth-order valence-electron chi connectivity index (χ4n) is 2.20. The number of aromatic nitrogens is 8. The molecule has 0 aromatic carbocycles. The van der Waals surface area contributed by atoms with Crippen LogP contribution in [0.5, 0.6) is 0 Å². The van der Waals surface area contributed by atoms with Crippen LogP contribution in [0.1, 0.15) is 5.82 Å². The topological polar surface area (TPSA) is 100 Å². The van der Waals surface area contributed by atoms with Crippen LogP contribution in [0.2, 0.25) is 0 Å². The Labute approximate surface area is 125 Å². The minimum Gasteiger partial charge on any atom is -0.343 e. The summed E-state index contributed by atoms with van der Waals surface area (Å²) >= 11 is 0. The minimum absolute atomic E-state index is 0.161. The first-order valence-corrected chi connectivity index (χ1v) is 6.35. The summed E-state index contributed by atoms with van der Waals surface area (Å²) in [6, 6.07) is 0. The number of halogens is 3. The van der Waals surface area contributed by atoms with Crippen LogP contribution < -0.4 is 0 Å². The fourth-order valence-corrected chi connectivity index (χ4v) is 2.20. The summed E-state index contributed by atoms with van der Waals surface area (Å²) in [4.78, 5) is 18.5. The molecule has 0 unspecified atom stereocenters. The Morgan fingerprint density at radius 1 is 1.09 bits per heavy atom. The van der Waals surface area contributed by atoms with Crippen LogP contribution >= 0.6 is 0 Å². The van der Waals surface area contributed by atoms with Gasteiger partial charge in [0.25, 0.3) is 0 Å². The summed E-state index contributed by atoms with van der Waals surface area (Å²) in [5, 5.41) is 5.52. The summed E-state index contributed by atoms with van der Waals surface area (Å²) in [6.07, 6.45) is 3.04. The molecule has 0 amide bonds. The first-order chi connectivity index (χ1) is 11.0. The SMILES string of the molecule is FC(F)(F)c1nc(-c2nc3cnccn3c2-c2cnc[nH]2)n[nH]1. The van der Waals surface area contributed by atoms with Gasteiger partial charge in [-0.2, -0.15) is 18.3 Å². The van der Waals surface area contributed by atoms with Crippen LogP contribution in [0.25, 0.3) is 28.6 Å². The average molecular weight is 320 g/mol. The molecule has 8 nitrogen and oxygen atoms in total. The highest BCUT2D eigenvalue weighted by atomic mass is 19.4. The van der Waals surface area contributed by atoms with Crippen LogP contribution in [0.4, 0.5) is 13.2 Å². The van der Waals surface area contributed by atoms with Crippen LogP contribution in [-0.2, 0) is 6.18 Å². The van der Waals surface area contributed by atoms with Gasteiger partial charge in [-0.15, -0.1) is 0 Å². The Morgan fingerprint density at radius 2 is 1.96 bits per heavy atom. The molecule has 0 aliphatic heterocycles. The molecule has 0 spiro atoms. The first kappa shape index (κ1) is 13.4. The van der Waals surface area contributed by atoms with E-state index < -0.39 is 12.0 Å². The molecule has 23 heavy (non-hydrogen) atoms.